The van der Waals surface area contributed by atoms with Crippen molar-refractivity contribution in [2.75, 3.05) is 19.4 Å². The average molecular weight is 282 g/mol. The van der Waals surface area contributed by atoms with E-state index in [-0.39, 0.29) is 19.5 Å². The van der Waals surface area contributed by atoms with E-state index in [1.165, 1.54) is 17.2 Å². The molecule has 0 bridgehead atoms. The number of fused-ring (bicyclic) bond motifs is 1. The second kappa shape index (κ2) is 4.94. The van der Waals surface area contributed by atoms with Gasteiger partial charge in [0, 0.05) is 7.09 Å². The molecule has 0 spiro atoms. The lowest BCUT2D eigenvalue weighted by atomic mass is 10.1. The first-order valence-electron chi connectivity index (χ1n) is 6.66. The summed E-state index contributed by atoms with van der Waals surface area (Å²) in [7, 11) is -0.339. The summed E-state index contributed by atoms with van der Waals surface area (Å²) in [5, 5.41) is 19.6. The number of imidazole rings is 1. The van der Waals surface area contributed by atoms with Crippen molar-refractivity contribution < 1.29 is 21.1 Å². The van der Waals surface area contributed by atoms with Gasteiger partial charge < -0.3 is 25.4 Å². The highest BCUT2D eigenvalue weighted by atomic mass is 16.6. The number of rotatable bonds is 3. The number of aliphatic hydroxyl groups is 2. The number of nitrogens with zero attached hydrogens (tertiary/aromatic N) is 4. The monoisotopic (exact) mass is 282 g/mol. The molecule has 3 heterocycles. The third kappa shape index (κ3) is 1.83. The fourth-order valence-electron chi connectivity index (χ4n) is 2.36. The van der Waals surface area contributed by atoms with E-state index in [2.05, 4.69) is 15.0 Å². The number of aromatic nitrogens is 4. The summed E-state index contributed by atoms with van der Waals surface area (Å²) in [6.07, 6.45) is -0.709. The van der Waals surface area contributed by atoms with Crippen LogP contribution >= 0.6 is 0 Å². The summed E-state index contributed by atoms with van der Waals surface area (Å²) in [6.45, 7) is -0.331. The Morgan fingerprint density at radius 2 is 2.40 bits per heavy atom. The molecule has 4 atom stereocenters. The highest BCUT2D eigenvalue weighted by Crippen LogP contribution is 2.32. The standard InChI is InChI=1S/C11H15N5O4/c1-19-8-5(2-17)20-11(7(8)18)16-4-15-6-9(12)13-3-14-10(6)16/h3-5,7-8,11,17-18H,2H2,1H3,(H2,12,13,14)/t5-,7-,8-,11-/m1/s1/i1D. The quantitative estimate of drug-likeness (QED) is 0.632. The number of hydrogen-bond donors (Lipinski definition) is 3. The second-order valence-electron chi connectivity index (χ2n) is 4.45. The highest BCUT2D eigenvalue weighted by molar-refractivity contribution is 5.81. The van der Waals surface area contributed by atoms with Crippen LogP contribution in [-0.4, -0.2) is 61.7 Å². The minimum Gasteiger partial charge on any atom is -0.394 e. The molecular weight excluding hydrogens is 266 g/mol. The molecule has 0 aromatic carbocycles. The first kappa shape index (κ1) is 12.0. The number of methoxy groups -OCH3 is 1. The fraction of sp³-hybridized carbons (Fsp3) is 0.545. The zero-order valence-electron chi connectivity index (χ0n) is 11.5. The van der Waals surface area contributed by atoms with E-state index in [9.17, 15) is 10.2 Å². The smallest absolute Gasteiger partial charge is 0.167 e. The van der Waals surface area contributed by atoms with Crippen LogP contribution in [0.1, 0.15) is 7.60 Å². The lowest BCUT2D eigenvalue weighted by Crippen LogP contribution is -2.35. The summed E-state index contributed by atoms with van der Waals surface area (Å²) in [5.74, 6) is 0.226. The van der Waals surface area contributed by atoms with Gasteiger partial charge in [0.2, 0.25) is 0 Å². The molecule has 20 heavy (non-hydrogen) atoms. The molecule has 0 saturated carbocycles. The van der Waals surface area contributed by atoms with Crippen LogP contribution in [0, 0.1) is 0 Å². The topological polar surface area (TPSA) is 129 Å². The summed E-state index contributed by atoms with van der Waals surface area (Å²) < 4.78 is 19.3. The second-order valence-corrected chi connectivity index (χ2v) is 4.45. The van der Waals surface area contributed by atoms with Gasteiger partial charge in [0.15, 0.2) is 17.7 Å². The van der Waals surface area contributed by atoms with E-state index in [0.29, 0.717) is 11.2 Å². The highest BCUT2D eigenvalue weighted by Gasteiger charge is 2.45. The average Bonchev–Trinajstić information content (AvgIpc) is 3.03. The molecule has 1 aliphatic heterocycles. The number of anilines is 1. The molecule has 108 valence electrons. The predicted octanol–water partition coefficient (Wildman–Crippen LogP) is -1.33. The molecule has 1 aliphatic rings. The van der Waals surface area contributed by atoms with E-state index in [0.717, 1.165) is 0 Å². The molecule has 2 aromatic heterocycles. The van der Waals surface area contributed by atoms with Gasteiger partial charge in [-0.15, -0.1) is 0 Å². The molecular formula is C11H15N5O4. The van der Waals surface area contributed by atoms with E-state index in [4.69, 9.17) is 16.6 Å². The van der Waals surface area contributed by atoms with Crippen molar-refractivity contribution >= 4 is 17.0 Å². The van der Waals surface area contributed by atoms with Gasteiger partial charge in [-0.3, -0.25) is 4.57 Å². The Kier molecular flexibility index (Phi) is 2.96. The Morgan fingerprint density at radius 1 is 1.55 bits per heavy atom. The minimum atomic E-state index is -1.07. The van der Waals surface area contributed by atoms with E-state index in [1.54, 1.807) is 0 Å². The normalized spacial score (nSPS) is 30.8. The van der Waals surface area contributed by atoms with Crippen molar-refractivity contribution in [2.45, 2.75) is 24.5 Å². The number of aliphatic hydroxyl groups excluding tert-OH is 2. The van der Waals surface area contributed by atoms with Crippen LogP contribution < -0.4 is 5.73 Å². The van der Waals surface area contributed by atoms with Crippen molar-refractivity contribution in [3.05, 3.63) is 12.7 Å². The van der Waals surface area contributed by atoms with Crippen molar-refractivity contribution in [3.8, 4) is 0 Å². The minimum absolute atomic E-state index is 0.226. The van der Waals surface area contributed by atoms with Crippen molar-refractivity contribution in [1.29, 1.82) is 0 Å². The molecule has 9 nitrogen and oxygen atoms in total. The van der Waals surface area contributed by atoms with E-state index < -0.39 is 24.5 Å². The third-order valence-corrected chi connectivity index (χ3v) is 3.34. The van der Waals surface area contributed by atoms with E-state index in [1.807, 2.05) is 0 Å². The maximum Gasteiger partial charge on any atom is 0.167 e. The van der Waals surface area contributed by atoms with Crippen LogP contribution in [0.3, 0.4) is 0 Å². The van der Waals surface area contributed by atoms with Crippen LogP contribution in [0.2, 0.25) is 0 Å². The van der Waals surface area contributed by atoms with Crippen molar-refractivity contribution in [1.82, 2.24) is 19.5 Å². The predicted molar refractivity (Wildman–Crippen MR) is 67.5 cm³/mol. The third-order valence-electron chi connectivity index (χ3n) is 3.34. The van der Waals surface area contributed by atoms with Gasteiger partial charge in [-0.2, -0.15) is 0 Å². The molecule has 0 unspecified atom stereocenters. The molecule has 0 amide bonds. The Morgan fingerprint density at radius 3 is 3.15 bits per heavy atom. The van der Waals surface area contributed by atoms with Crippen molar-refractivity contribution in [2.24, 2.45) is 0 Å². The fourth-order valence-corrected chi connectivity index (χ4v) is 2.36. The zero-order valence-corrected chi connectivity index (χ0v) is 10.5. The number of hydrogen-bond acceptors (Lipinski definition) is 8. The lowest BCUT2D eigenvalue weighted by molar-refractivity contribution is -0.0535. The molecule has 0 aliphatic carbocycles. The maximum absolute atomic E-state index is 10.3. The number of nitrogens with two attached hydrogens (primary N) is 1. The van der Waals surface area contributed by atoms with Crippen LogP contribution in [0.25, 0.3) is 11.2 Å². The van der Waals surface area contributed by atoms with Crippen LogP contribution in [0.4, 0.5) is 5.82 Å². The van der Waals surface area contributed by atoms with Gasteiger partial charge in [-0.05, 0) is 0 Å². The maximum atomic E-state index is 10.3. The Hall–Kier alpha value is -1.81. The Bertz CT molecular complexity index is 638. The van der Waals surface area contributed by atoms with Gasteiger partial charge >= 0.3 is 0 Å². The Labute approximate surface area is 115 Å². The molecule has 4 N–H and O–H groups in total. The SMILES string of the molecule is [2H]CO[C@H]1[C@@H](O)[C@H](n2cnc3c(N)ncnc32)O[C@@H]1CO. The summed E-state index contributed by atoms with van der Waals surface area (Å²) in [5.41, 5.74) is 6.52. The van der Waals surface area contributed by atoms with Gasteiger partial charge in [0.05, 0.1) is 14.3 Å². The van der Waals surface area contributed by atoms with Crippen molar-refractivity contribution in [3.63, 3.8) is 0 Å². The Balaban J connectivity index is 1.97. The van der Waals surface area contributed by atoms with Crippen LogP contribution in [0.15, 0.2) is 12.7 Å². The largest absolute Gasteiger partial charge is 0.394 e. The van der Waals surface area contributed by atoms with E-state index >= 15 is 0 Å². The number of nitrogen functional groups attached to an aromatic ring is 1. The molecule has 0 radical (unpaired) electrons. The summed E-state index contributed by atoms with van der Waals surface area (Å²) in [4.78, 5) is 12.0. The first-order chi connectivity index (χ1) is 10.2. The lowest BCUT2D eigenvalue weighted by Gasteiger charge is -2.17. The van der Waals surface area contributed by atoms with Crippen LogP contribution in [0.5, 0.6) is 0 Å². The number of ether oxygens (including phenoxy) is 2. The molecule has 2 aromatic rings. The van der Waals surface area contributed by atoms with Gasteiger partial charge in [-0.1, -0.05) is 0 Å². The molecule has 3 rings (SSSR count). The van der Waals surface area contributed by atoms with Gasteiger partial charge in [0.25, 0.3) is 0 Å². The summed E-state index contributed by atoms with van der Waals surface area (Å²) in [6, 6.07) is 0. The molecule has 1 saturated heterocycles. The van der Waals surface area contributed by atoms with Gasteiger partial charge in [0.1, 0.15) is 30.2 Å². The summed E-state index contributed by atoms with van der Waals surface area (Å²) >= 11 is 0. The van der Waals surface area contributed by atoms with Crippen LogP contribution in [-0.2, 0) is 9.47 Å². The van der Waals surface area contributed by atoms with Gasteiger partial charge in [-0.25, -0.2) is 15.0 Å². The molecule has 9 heteroatoms. The zero-order chi connectivity index (χ0) is 15.0. The first-order valence-corrected chi connectivity index (χ1v) is 5.95. The molecule has 1 fully saturated rings.